The van der Waals surface area contributed by atoms with E-state index in [0.29, 0.717) is 6.42 Å². The molecule has 0 radical (unpaired) electrons. The van der Waals surface area contributed by atoms with E-state index in [2.05, 4.69) is 5.32 Å². The van der Waals surface area contributed by atoms with E-state index >= 15 is 0 Å². The average molecular weight is 305 g/mol. The first-order valence-corrected chi connectivity index (χ1v) is 7.99. The summed E-state index contributed by atoms with van der Waals surface area (Å²) in [5.74, 6) is 0.753. The molecule has 0 saturated heterocycles. The summed E-state index contributed by atoms with van der Waals surface area (Å²) in [5, 5.41) is 13.4. The first-order chi connectivity index (χ1) is 10.3. The minimum atomic E-state index is -0.801. The molecule has 1 aromatic rings. The lowest BCUT2D eigenvalue weighted by Crippen LogP contribution is -2.47. The number of carbonyl (C=O) groups excluding carboxylic acids is 1. The maximum absolute atomic E-state index is 12.3. The molecule has 4 heteroatoms. The molecule has 0 atom stereocenters. The van der Waals surface area contributed by atoms with Gasteiger partial charge in [-0.1, -0.05) is 31.0 Å². The molecular formula is C18H27NO3. The van der Waals surface area contributed by atoms with Gasteiger partial charge in [0.25, 0.3) is 0 Å². The van der Waals surface area contributed by atoms with Crippen molar-refractivity contribution in [2.75, 3.05) is 7.11 Å². The fourth-order valence-electron chi connectivity index (χ4n) is 3.30. The lowest BCUT2D eigenvalue weighted by atomic mass is 9.92. The van der Waals surface area contributed by atoms with Crippen LogP contribution in [0.3, 0.4) is 0 Å². The number of hydrogen-bond donors (Lipinski definition) is 2. The molecule has 0 spiro atoms. The van der Waals surface area contributed by atoms with Crippen molar-refractivity contribution in [1.82, 2.24) is 5.32 Å². The first kappa shape index (κ1) is 16.8. The lowest BCUT2D eigenvalue weighted by molar-refractivity contribution is -0.127. The van der Waals surface area contributed by atoms with Crippen molar-refractivity contribution in [3.8, 4) is 5.75 Å². The van der Waals surface area contributed by atoms with Crippen molar-refractivity contribution < 1.29 is 14.6 Å². The summed E-state index contributed by atoms with van der Waals surface area (Å²) in [6.07, 6.45) is 4.35. The number of benzene rings is 1. The molecule has 22 heavy (non-hydrogen) atoms. The first-order valence-electron chi connectivity index (χ1n) is 7.99. The summed E-state index contributed by atoms with van der Waals surface area (Å²) in [5.41, 5.74) is -0.125. The van der Waals surface area contributed by atoms with Gasteiger partial charge in [0, 0.05) is 5.54 Å². The molecule has 0 aliphatic heterocycles. The number of amides is 1. The van der Waals surface area contributed by atoms with Crippen LogP contribution in [0.2, 0.25) is 0 Å². The smallest absolute Gasteiger partial charge is 0.223 e. The van der Waals surface area contributed by atoms with Crippen LogP contribution >= 0.6 is 0 Å². The van der Waals surface area contributed by atoms with Crippen LogP contribution in [0.25, 0.3) is 0 Å². The third-order valence-electron chi connectivity index (χ3n) is 4.33. The molecule has 0 bridgehead atoms. The van der Waals surface area contributed by atoms with E-state index in [-0.39, 0.29) is 17.9 Å². The Bertz CT molecular complexity index is 519. The van der Waals surface area contributed by atoms with Gasteiger partial charge in [0.05, 0.1) is 19.1 Å². The highest BCUT2D eigenvalue weighted by Gasteiger charge is 2.34. The molecule has 1 saturated carbocycles. The Balaban J connectivity index is 1.96. The van der Waals surface area contributed by atoms with E-state index in [0.717, 1.165) is 37.0 Å². The molecule has 4 nitrogen and oxygen atoms in total. The van der Waals surface area contributed by atoms with Crippen LogP contribution < -0.4 is 10.1 Å². The van der Waals surface area contributed by atoms with E-state index in [1.165, 1.54) is 0 Å². The van der Waals surface area contributed by atoms with E-state index in [1.54, 1.807) is 7.11 Å². The van der Waals surface area contributed by atoms with Crippen LogP contribution in [0.5, 0.6) is 5.75 Å². The zero-order valence-corrected chi connectivity index (χ0v) is 13.8. The van der Waals surface area contributed by atoms with Gasteiger partial charge in [0.2, 0.25) is 5.91 Å². The molecule has 0 heterocycles. The zero-order chi connectivity index (χ0) is 16.2. The molecular weight excluding hydrogens is 278 g/mol. The van der Waals surface area contributed by atoms with Crippen LogP contribution in [0, 0.1) is 0 Å². The van der Waals surface area contributed by atoms with Gasteiger partial charge < -0.3 is 15.2 Å². The number of rotatable bonds is 6. The number of carbonyl (C=O) groups is 1. The predicted octanol–water partition coefficient (Wildman–Crippen LogP) is 2.83. The number of para-hydroxylation sites is 1. The zero-order valence-electron chi connectivity index (χ0n) is 13.8. The van der Waals surface area contributed by atoms with Crippen molar-refractivity contribution in [3.05, 3.63) is 29.8 Å². The van der Waals surface area contributed by atoms with Crippen molar-refractivity contribution in [3.63, 3.8) is 0 Å². The van der Waals surface area contributed by atoms with Crippen molar-refractivity contribution in [2.24, 2.45) is 0 Å². The van der Waals surface area contributed by atoms with Crippen molar-refractivity contribution >= 4 is 5.91 Å². The molecule has 0 aromatic heterocycles. The summed E-state index contributed by atoms with van der Waals surface area (Å²) in [7, 11) is 1.65. The van der Waals surface area contributed by atoms with Gasteiger partial charge in [-0.25, -0.2) is 0 Å². The van der Waals surface area contributed by atoms with Crippen LogP contribution in [0.1, 0.15) is 51.5 Å². The summed E-state index contributed by atoms with van der Waals surface area (Å²) < 4.78 is 5.37. The summed E-state index contributed by atoms with van der Waals surface area (Å²) in [6.45, 7) is 3.99. The minimum Gasteiger partial charge on any atom is -0.496 e. The Hall–Kier alpha value is -1.55. The second-order valence-electron chi connectivity index (χ2n) is 7.03. The molecule has 122 valence electrons. The van der Waals surface area contributed by atoms with Crippen LogP contribution in [-0.2, 0) is 11.2 Å². The fourth-order valence-corrected chi connectivity index (χ4v) is 3.30. The summed E-state index contributed by atoms with van der Waals surface area (Å²) >= 11 is 0. The second-order valence-corrected chi connectivity index (χ2v) is 7.03. The summed E-state index contributed by atoms with van der Waals surface area (Å²) in [6, 6.07) is 7.84. The molecule has 2 N–H and O–H groups in total. The molecule has 0 unspecified atom stereocenters. The molecule has 1 aliphatic carbocycles. The van der Waals surface area contributed by atoms with Crippen molar-refractivity contribution in [2.45, 2.75) is 63.5 Å². The maximum Gasteiger partial charge on any atom is 0.223 e. The van der Waals surface area contributed by atoms with Gasteiger partial charge >= 0.3 is 0 Å². The van der Waals surface area contributed by atoms with E-state index < -0.39 is 5.60 Å². The largest absolute Gasteiger partial charge is 0.496 e. The Labute approximate surface area is 132 Å². The van der Waals surface area contributed by atoms with Gasteiger partial charge in [0.15, 0.2) is 0 Å². The summed E-state index contributed by atoms with van der Waals surface area (Å²) in [4.78, 5) is 12.3. The monoisotopic (exact) mass is 305 g/mol. The van der Waals surface area contributed by atoms with E-state index in [9.17, 15) is 9.90 Å². The Morgan fingerprint density at radius 2 is 1.95 bits per heavy atom. The number of nitrogens with one attached hydrogen (secondary N) is 1. The molecule has 1 aromatic carbocycles. The Morgan fingerprint density at radius 3 is 2.59 bits per heavy atom. The highest BCUT2D eigenvalue weighted by Crippen LogP contribution is 2.32. The molecule has 1 amide bonds. The Morgan fingerprint density at radius 1 is 1.32 bits per heavy atom. The topological polar surface area (TPSA) is 58.6 Å². The van der Waals surface area contributed by atoms with E-state index in [1.807, 2.05) is 38.1 Å². The molecule has 1 fully saturated rings. The SMILES string of the molecule is COc1ccccc1CC(C)(C)NC(=O)CC1(O)CCCC1. The Kier molecular flexibility index (Phi) is 5.12. The normalized spacial score (nSPS) is 17.3. The standard InChI is InChI=1S/C18H27NO3/c1-17(2,12-14-8-4-5-9-15(14)22-3)19-16(20)13-18(21)10-6-7-11-18/h4-5,8-9,21H,6-7,10-13H2,1-3H3,(H,19,20). The van der Waals surface area contributed by atoms with Gasteiger partial charge in [0.1, 0.15) is 5.75 Å². The van der Waals surface area contributed by atoms with Crippen LogP contribution in [-0.4, -0.2) is 29.3 Å². The third kappa shape index (κ3) is 4.47. The van der Waals surface area contributed by atoms with Gasteiger partial charge in [-0.05, 0) is 44.7 Å². The van der Waals surface area contributed by atoms with E-state index in [4.69, 9.17) is 4.74 Å². The number of ether oxygens (including phenoxy) is 1. The predicted molar refractivity (Wildman–Crippen MR) is 87.0 cm³/mol. The minimum absolute atomic E-state index is 0.0794. The van der Waals surface area contributed by atoms with Crippen LogP contribution in [0.15, 0.2) is 24.3 Å². The molecule has 2 rings (SSSR count). The molecule has 1 aliphatic rings. The highest BCUT2D eigenvalue weighted by atomic mass is 16.5. The second kappa shape index (κ2) is 6.69. The quantitative estimate of drug-likeness (QED) is 0.849. The number of aliphatic hydroxyl groups is 1. The number of methoxy groups -OCH3 is 1. The third-order valence-corrected chi connectivity index (χ3v) is 4.33. The maximum atomic E-state index is 12.3. The lowest BCUT2D eigenvalue weighted by Gasteiger charge is -2.29. The average Bonchev–Trinajstić information content (AvgIpc) is 2.84. The number of hydrogen-bond acceptors (Lipinski definition) is 3. The van der Waals surface area contributed by atoms with Crippen molar-refractivity contribution in [1.29, 1.82) is 0 Å². The van der Waals surface area contributed by atoms with Gasteiger partial charge in [-0.2, -0.15) is 0 Å². The highest BCUT2D eigenvalue weighted by molar-refractivity contribution is 5.78. The van der Waals surface area contributed by atoms with Gasteiger partial charge in [-0.3, -0.25) is 4.79 Å². The van der Waals surface area contributed by atoms with Gasteiger partial charge in [-0.15, -0.1) is 0 Å². The van der Waals surface area contributed by atoms with Crippen LogP contribution in [0.4, 0.5) is 0 Å². The fraction of sp³-hybridized carbons (Fsp3) is 0.611.